The fraction of sp³-hybridized carbons (Fsp3) is 0.238. The molecule has 1 aliphatic heterocycles. The van der Waals surface area contributed by atoms with E-state index in [9.17, 15) is 13.9 Å². The molecule has 1 fully saturated rings. The Kier molecular flexibility index (Phi) is 4.84. The standard InChI is InChI=1S/C21H19F2N5OS/c22-15-7-5-14(6-8-15)18(19-20(29)28-21(30-19)24-13-25-28)27-11-9-26(10-12-27)17-4-2-1-3-16(17)23/h1-8,13,18,29H,9-12H2/p+1/t18-/m0/s1. The lowest BCUT2D eigenvalue weighted by atomic mass is 10.0. The van der Waals surface area contributed by atoms with Crippen molar-refractivity contribution in [3.63, 3.8) is 0 Å². The number of anilines is 1. The number of para-hydroxylation sites is 1. The first-order valence-corrected chi connectivity index (χ1v) is 10.5. The van der Waals surface area contributed by atoms with Gasteiger partial charge in [0, 0.05) is 5.56 Å². The van der Waals surface area contributed by atoms with Crippen molar-refractivity contribution in [3.8, 4) is 5.88 Å². The Hall–Kier alpha value is -3.04. The Morgan fingerprint density at radius 3 is 2.47 bits per heavy atom. The summed E-state index contributed by atoms with van der Waals surface area (Å²) in [5, 5.41) is 14.9. The van der Waals surface area contributed by atoms with Crippen molar-refractivity contribution in [1.29, 1.82) is 0 Å². The van der Waals surface area contributed by atoms with Crippen LogP contribution in [0.3, 0.4) is 0 Å². The number of hydrogen-bond acceptors (Lipinski definition) is 5. The molecule has 0 spiro atoms. The number of nitrogens with zero attached hydrogens (tertiary/aromatic N) is 4. The quantitative estimate of drug-likeness (QED) is 0.524. The molecule has 6 nitrogen and oxygen atoms in total. The maximum Gasteiger partial charge on any atom is 0.235 e. The lowest BCUT2D eigenvalue weighted by Crippen LogP contribution is -3.15. The van der Waals surface area contributed by atoms with Crippen LogP contribution in [0, 0.1) is 11.6 Å². The van der Waals surface area contributed by atoms with Gasteiger partial charge in [-0.25, -0.2) is 13.8 Å². The summed E-state index contributed by atoms with van der Waals surface area (Å²) >= 11 is 1.38. The summed E-state index contributed by atoms with van der Waals surface area (Å²) in [5.41, 5.74) is 1.52. The Bertz CT molecular complexity index is 1170. The second-order valence-corrected chi connectivity index (χ2v) is 8.33. The van der Waals surface area contributed by atoms with Crippen molar-refractivity contribution in [2.24, 2.45) is 0 Å². The third-order valence-electron chi connectivity index (χ3n) is 5.61. The van der Waals surface area contributed by atoms with Crippen LogP contribution >= 0.6 is 11.3 Å². The van der Waals surface area contributed by atoms with Gasteiger partial charge in [0.1, 0.15) is 22.8 Å². The molecule has 1 aliphatic rings. The maximum atomic E-state index is 14.2. The fourth-order valence-electron chi connectivity index (χ4n) is 4.14. The van der Waals surface area contributed by atoms with Gasteiger partial charge in [0.2, 0.25) is 10.8 Å². The number of quaternary nitrogens is 1. The Morgan fingerprint density at radius 1 is 1.03 bits per heavy atom. The van der Waals surface area contributed by atoms with Crippen LogP contribution in [0.5, 0.6) is 5.88 Å². The summed E-state index contributed by atoms with van der Waals surface area (Å²) < 4.78 is 29.2. The largest absolute Gasteiger partial charge is 0.492 e. The molecule has 2 aromatic carbocycles. The first kappa shape index (κ1) is 19.0. The zero-order chi connectivity index (χ0) is 20.7. The van der Waals surface area contributed by atoms with Crippen molar-refractivity contribution in [2.45, 2.75) is 6.04 Å². The van der Waals surface area contributed by atoms with Crippen LogP contribution in [0.4, 0.5) is 14.5 Å². The van der Waals surface area contributed by atoms with Crippen molar-refractivity contribution < 1.29 is 18.8 Å². The molecular weight excluding hydrogens is 408 g/mol. The zero-order valence-electron chi connectivity index (χ0n) is 16.0. The number of piperazine rings is 1. The van der Waals surface area contributed by atoms with Gasteiger partial charge in [0.25, 0.3) is 0 Å². The van der Waals surface area contributed by atoms with Gasteiger partial charge >= 0.3 is 0 Å². The monoisotopic (exact) mass is 428 g/mol. The number of aromatic hydroxyl groups is 1. The molecule has 0 radical (unpaired) electrons. The fourth-order valence-corrected chi connectivity index (χ4v) is 5.26. The molecule has 0 amide bonds. The van der Waals surface area contributed by atoms with Gasteiger partial charge in [-0.15, -0.1) is 0 Å². The molecule has 4 aromatic rings. The third-order valence-corrected chi connectivity index (χ3v) is 6.71. The predicted molar refractivity (Wildman–Crippen MR) is 110 cm³/mol. The highest BCUT2D eigenvalue weighted by molar-refractivity contribution is 7.17. The van der Waals surface area contributed by atoms with Crippen LogP contribution in [0.1, 0.15) is 16.5 Å². The highest BCUT2D eigenvalue weighted by atomic mass is 32.1. The van der Waals surface area contributed by atoms with E-state index in [-0.39, 0.29) is 23.6 Å². The van der Waals surface area contributed by atoms with E-state index in [2.05, 4.69) is 10.1 Å². The Labute approximate surface area is 175 Å². The highest BCUT2D eigenvalue weighted by Crippen LogP contribution is 2.34. The lowest BCUT2D eigenvalue weighted by molar-refractivity contribution is -0.925. The minimum atomic E-state index is -0.302. The van der Waals surface area contributed by atoms with Gasteiger partial charge in [-0.2, -0.15) is 9.61 Å². The van der Waals surface area contributed by atoms with Crippen LogP contribution < -0.4 is 9.80 Å². The molecule has 3 heterocycles. The number of rotatable bonds is 4. The lowest BCUT2D eigenvalue weighted by Gasteiger charge is -2.37. The second kappa shape index (κ2) is 7.66. The summed E-state index contributed by atoms with van der Waals surface area (Å²) in [5.74, 6) is -0.464. The average molecular weight is 428 g/mol. The molecule has 0 unspecified atom stereocenters. The second-order valence-electron chi connectivity index (χ2n) is 7.33. The number of aromatic nitrogens is 3. The summed E-state index contributed by atoms with van der Waals surface area (Å²) in [7, 11) is 0. The van der Waals surface area contributed by atoms with Gasteiger partial charge in [-0.05, 0) is 36.4 Å². The molecule has 0 bridgehead atoms. The van der Waals surface area contributed by atoms with Crippen LogP contribution in [0.25, 0.3) is 4.96 Å². The summed E-state index contributed by atoms with van der Waals surface area (Å²) in [6.45, 7) is 2.83. The molecule has 0 aliphatic carbocycles. The first-order chi connectivity index (χ1) is 14.6. The summed E-state index contributed by atoms with van der Waals surface area (Å²) in [4.78, 5) is 8.80. The molecule has 0 saturated carbocycles. The zero-order valence-corrected chi connectivity index (χ0v) is 16.8. The van der Waals surface area contributed by atoms with E-state index in [1.807, 2.05) is 11.0 Å². The normalized spacial score (nSPS) is 16.3. The molecule has 5 rings (SSSR count). The molecule has 2 aromatic heterocycles. The molecule has 30 heavy (non-hydrogen) atoms. The summed E-state index contributed by atoms with van der Waals surface area (Å²) in [6, 6.07) is 13.0. The van der Waals surface area contributed by atoms with Crippen molar-refractivity contribution in [3.05, 3.63) is 76.9 Å². The van der Waals surface area contributed by atoms with Crippen LogP contribution in [-0.2, 0) is 0 Å². The first-order valence-electron chi connectivity index (χ1n) is 9.72. The number of nitrogens with one attached hydrogen (secondary N) is 1. The smallest absolute Gasteiger partial charge is 0.235 e. The van der Waals surface area contributed by atoms with Crippen LogP contribution in [-0.4, -0.2) is 45.9 Å². The number of benzene rings is 2. The molecule has 1 saturated heterocycles. The third kappa shape index (κ3) is 3.29. The van der Waals surface area contributed by atoms with Crippen LogP contribution in [0.2, 0.25) is 0 Å². The Morgan fingerprint density at radius 2 is 1.77 bits per heavy atom. The molecule has 1 atom stereocenters. The van der Waals surface area contributed by atoms with E-state index < -0.39 is 0 Å². The van der Waals surface area contributed by atoms with Gasteiger partial charge < -0.3 is 14.9 Å². The van der Waals surface area contributed by atoms with Gasteiger partial charge in [0.15, 0.2) is 6.04 Å². The number of thiazole rings is 1. The predicted octanol–water partition coefficient (Wildman–Crippen LogP) is 2.27. The molecule has 154 valence electrons. The molecule has 9 heteroatoms. The number of hydrogen-bond donors (Lipinski definition) is 2. The Balaban J connectivity index is 1.47. The van der Waals surface area contributed by atoms with Gasteiger partial charge in [-0.3, -0.25) is 0 Å². The molecule has 2 N–H and O–H groups in total. The van der Waals surface area contributed by atoms with Crippen molar-refractivity contribution in [1.82, 2.24) is 14.6 Å². The minimum absolute atomic E-state index is 0.0610. The van der Waals surface area contributed by atoms with E-state index in [1.54, 1.807) is 24.3 Å². The van der Waals surface area contributed by atoms with E-state index >= 15 is 0 Å². The summed E-state index contributed by atoms with van der Waals surface area (Å²) in [6.07, 6.45) is 1.41. The van der Waals surface area contributed by atoms with Gasteiger partial charge in [0.05, 0.1) is 31.9 Å². The van der Waals surface area contributed by atoms with E-state index in [0.717, 1.165) is 23.5 Å². The number of halogens is 2. The van der Waals surface area contributed by atoms with Crippen molar-refractivity contribution in [2.75, 3.05) is 31.1 Å². The van der Waals surface area contributed by atoms with Crippen LogP contribution in [0.15, 0.2) is 54.9 Å². The van der Waals surface area contributed by atoms with E-state index in [0.29, 0.717) is 23.7 Å². The minimum Gasteiger partial charge on any atom is -0.492 e. The van der Waals surface area contributed by atoms with Crippen molar-refractivity contribution >= 4 is 22.0 Å². The topological polar surface area (TPSA) is 58.1 Å². The van der Waals surface area contributed by atoms with E-state index in [4.69, 9.17) is 0 Å². The maximum absolute atomic E-state index is 14.2. The number of fused-ring (bicyclic) bond motifs is 1. The van der Waals surface area contributed by atoms with E-state index in [1.165, 1.54) is 45.3 Å². The highest BCUT2D eigenvalue weighted by Gasteiger charge is 2.35. The van der Waals surface area contributed by atoms with Gasteiger partial charge in [-0.1, -0.05) is 23.5 Å². The SMILES string of the molecule is Oc1c([C@H](c2ccc(F)cc2)[NH+]2CCN(c3ccccc3F)CC2)sc2ncnn12. The molecular formula is C21H20F2N5OS+. The average Bonchev–Trinajstić information content (AvgIpc) is 3.34.